The van der Waals surface area contributed by atoms with Crippen LogP contribution >= 0.6 is 0 Å². The Hall–Kier alpha value is -3.29. The Morgan fingerprint density at radius 3 is 2.74 bits per heavy atom. The Kier molecular flexibility index (Phi) is 6.38. The van der Waals surface area contributed by atoms with Gasteiger partial charge in [-0.05, 0) is 30.5 Å². The van der Waals surface area contributed by atoms with E-state index >= 15 is 0 Å². The molecule has 0 spiro atoms. The summed E-state index contributed by atoms with van der Waals surface area (Å²) in [4.78, 5) is 29.2. The van der Waals surface area contributed by atoms with E-state index in [9.17, 15) is 27.2 Å². The molecule has 0 saturated carbocycles. The molecule has 11 heteroatoms. The number of rotatable bonds is 4. The number of ether oxygens (including phenoxy) is 1. The molecule has 2 amide bonds. The minimum Gasteiger partial charge on any atom is -0.442 e. The zero-order valence-electron chi connectivity index (χ0n) is 16.6. The van der Waals surface area contributed by atoms with Crippen LogP contribution in [0.5, 0.6) is 0 Å². The lowest BCUT2D eigenvalue weighted by atomic mass is 9.93. The third-order valence-electron chi connectivity index (χ3n) is 5.23. The number of carbonyl (C=O) groups excluding carboxylic acids is 2. The van der Waals surface area contributed by atoms with E-state index in [0.717, 1.165) is 10.5 Å². The van der Waals surface area contributed by atoms with Crippen molar-refractivity contribution < 1.29 is 31.9 Å². The van der Waals surface area contributed by atoms with Gasteiger partial charge in [0.2, 0.25) is 0 Å². The Labute approximate surface area is 176 Å². The molecule has 2 heterocycles. The number of piperidine rings is 1. The molecule has 31 heavy (non-hydrogen) atoms. The molecule has 2 saturated heterocycles. The first-order chi connectivity index (χ1) is 14.6. The predicted octanol–water partition coefficient (Wildman–Crippen LogP) is 3.48. The first-order valence-electron chi connectivity index (χ1n) is 9.53. The molecule has 0 aromatic heterocycles. The molecule has 1 unspecified atom stereocenters. The lowest BCUT2D eigenvalue weighted by Crippen LogP contribution is -2.41. The molecule has 0 aliphatic carbocycles. The standard InChI is InChI=1S/C20H20F4N4O3/c1-12-10-27(6-5-13(12)8-25-2)17-4-3-14(7-16(17)21)28-11-15(31-19(28)30)9-26-18(29)20(22,23)24/h3-4,7-8,12,15H,5-6,9-11H2,1H3,(H,26,29)/b13-8-/t12?,15-/m0/s1. The molecule has 2 aliphatic rings. The number of alkyl halides is 3. The van der Waals surface area contributed by atoms with Gasteiger partial charge in [-0.3, -0.25) is 9.69 Å². The number of nitrogens with one attached hydrogen (secondary N) is 1. The van der Waals surface area contributed by atoms with Crippen molar-refractivity contribution >= 4 is 23.4 Å². The van der Waals surface area contributed by atoms with Crippen molar-refractivity contribution in [3.63, 3.8) is 0 Å². The van der Waals surface area contributed by atoms with Crippen molar-refractivity contribution in [3.05, 3.63) is 47.2 Å². The van der Waals surface area contributed by atoms with Crippen LogP contribution in [0.3, 0.4) is 0 Å². The lowest BCUT2D eigenvalue weighted by molar-refractivity contribution is -0.173. The molecule has 1 aromatic rings. The van der Waals surface area contributed by atoms with Gasteiger partial charge in [-0.15, -0.1) is 0 Å². The van der Waals surface area contributed by atoms with E-state index in [1.165, 1.54) is 24.4 Å². The highest BCUT2D eigenvalue weighted by Crippen LogP contribution is 2.32. The number of hydrogen-bond acceptors (Lipinski definition) is 4. The molecule has 2 fully saturated rings. The highest BCUT2D eigenvalue weighted by Gasteiger charge is 2.40. The van der Waals surface area contributed by atoms with Crippen LogP contribution in [0.2, 0.25) is 0 Å². The van der Waals surface area contributed by atoms with Gasteiger partial charge >= 0.3 is 18.2 Å². The van der Waals surface area contributed by atoms with Gasteiger partial charge in [0.1, 0.15) is 11.9 Å². The quantitative estimate of drug-likeness (QED) is 0.575. The first-order valence-corrected chi connectivity index (χ1v) is 9.53. The van der Waals surface area contributed by atoms with Gasteiger partial charge in [0.25, 0.3) is 0 Å². The van der Waals surface area contributed by atoms with E-state index in [1.807, 2.05) is 11.8 Å². The number of carbonyl (C=O) groups is 2. The van der Waals surface area contributed by atoms with Crippen LogP contribution in [0.15, 0.2) is 30.0 Å². The molecule has 2 atom stereocenters. The smallest absolute Gasteiger partial charge is 0.442 e. The van der Waals surface area contributed by atoms with Crippen LogP contribution in [-0.4, -0.2) is 50.5 Å². The van der Waals surface area contributed by atoms with Gasteiger partial charge in [0, 0.05) is 13.1 Å². The average molecular weight is 440 g/mol. The van der Waals surface area contributed by atoms with E-state index < -0.39 is 36.6 Å². The molecule has 1 N–H and O–H groups in total. The molecule has 7 nitrogen and oxygen atoms in total. The zero-order chi connectivity index (χ0) is 22.8. The zero-order valence-corrected chi connectivity index (χ0v) is 16.6. The van der Waals surface area contributed by atoms with Crippen molar-refractivity contribution in [2.45, 2.75) is 25.6 Å². The molecule has 2 aliphatic heterocycles. The van der Waals surface area contributed by atoms with Crippen LogP contribution in [0.25, 0.3) is 4.85 Å². The van der Waals surface area contributed by atoms with Crippen LogP contribution < -0.4 is 15.1 Å². The second-order valence-electron chi connectivity index (χ2n) is 7.39. The summed E-state index contributed by atoms with van der Waals surface area (Å²) in [5.41, 5.74) is 1.58. The van der Waals surface area contributed by atoms with E-state index in [2.05, 4.69) is 4.85 Å². The van der Waals surface area contributed by atoms with E-state index in [4.69, 9.17) is 11.3 Å². The molecule has 3 rings (SSSR count). The van der Waals surface area contributed by atoms with Crippen molar-refractivity contribution in [3.8, 4) is 0 Å². The summed E-state index contributed by atoms with van der Waals surface area (Å²) in [5, 5.41) is 1.67. The summed E-state index contributed by atoms with van der Waals surface area (Å²) >= 11 is 0. The fraction of sp³-hybridized carbons (Fsp3) is 0.450. The van der Waals surface area contributed by atoms with Crippen molar-refractivity contribution in [1.29, 1.82) is 0 Å². The topological polar surface area (TPSA) is 66.2 Å². The summed E-state index contributed by atoms with van der Waals surface area (Å²) in [5.74, 6) is -2.57. The molecule has 1 aromatic carbocycles. The number of halogens is 4. The molecular formula is C20H20F4N4O3. The largest absolute Gasteiger partial charge is 0.471 e. The maximum atomic E-state index is 14.8. The normalized spacial score (nSPS) is 23.0. The van der Waals surface area contributed by atoms with Gasteiger partial charge in [0.05, 0.1) is 31.0 Å². The minimum absolute atomic E-state index is 0.100. The number of benzene rings is 1. The molecule has 166 valence electrons. The number of cyclic esters (lactones) is 1. The van der Waals surface area contributed by atoms with Crippen LogP contribution in [-0.2, 0) is 9.53 Å². The van der Waals surface area contributed by atoms with Gasteiger partial charge < -0.3 is 15.0 Å². The molecule has 0 radical (unpaired) electrons. The summed E-state index contributed by atoms with van der Waals surface area (Å²) in [6.07, 6.45) is -4.70. The van der Waals surface area contributed by atoms with Gasteiger partial charge in [0.15, 0.2) is 6.20 Å². The predicted molar refractivity (Wildman–Crippen MR) is 104 cm³/mol. The van der Waals surface area contributed by atoms with Crippen LogP contribution in [0.1, 0.15) is 13.3 Å². The lowest BCUT2D eigenvalue weighted by Gasteiger charge is -2.35. The maximum absolute atomic E-state index is 14.8. The average Bonchev–Trinajstić information content (AvgIpc) is 3.07. The summed E-state index contributed by atoms with van der Waals surface area (Å²) in [7, 11) is 0. The fourth-order valence-electron chi connectivity index (χ4n) is 3.61. The highest BCUT2D eigenvalue weighted by atomic mass is 19.4. The second-order valence-corrected chi connectivity index (χ2v) is 7.39. The van der Waals surface area contributed by atoms with Crippen LogP contribution in [0, 0.1) is 18.3 Å². The van der Waals surface area contributed by atoms with E-state index in [1.54, 1.807) is 5.32 Å². The van der Waals surface area contributed by atoms with Gasteiger partial charge in [-0.1, -0.05) is 12.5 Å². The van der Waals surface area contributed by atoms with Gasteiger partial charge in [-0.25, -0.2) is 14.0 Å². The fourth-order valence-corrected chi connectivity index (χ4v) is 3.61. The summed E-state index contributed by atoms with van der Waals surface area (Å²) in [6.45, 7) is 9.38. The molecular weight excluding hydrogens is 420 g/mol. The first kappa shape index (κ1) is 22.4. The third kappa shape index (κ3) is 5.07. The third-order valence-corrected chi connectivity index (χ3v) is 5.23. The number of amides is 2. The Morgan fingerprint density at radius 2 is 2.13 bits per heavy atom. The van der Waals surface area contributed by atoms with E-state index in [0.29, 0.717) is 25.2 Å². The monoisotopic (exact) mass is 440 g/mol. The highest BCUT2D eigenvalue weighted by molar-refractivity contribution is 5.90. The maximum Gasteiger partial charge on any atom is 0.471 e. The van der Waals surface area contributed by atoms with Crippen LogP contribution in [0.4, 0.5) is 33.7 Å². The number of anilines is 2. The van der Waals surface area contributed by atoms with Crippen molar-refractivity contribution in [2.24, 2.45) is 5.92 Å². The van der Waals surface area contributed by atoms with E-state index in [-0.39, 0.29) is 18.2 Å². The SMILES string of the molecule is [C-]#[N+]/C=C1/CCN(c2ccc(N3C[C@H](CNC(=O)C(F)(F)F)OC3=O)cc2F)CC1C. The summed E-state index contributed by atoms with van der Waals surface area (Å²) in [6, 6.07) is 4.24. The molecule has 0 bridgehead atoms. The summed E-state index contributed by atoms with van der Waals surface area (Å²) < 4.78 is 56.6. The Bertz CT molecular complexity index is 941. The van der Waals surface area contributed by atoms with Crippen molar-refractivity contribution in [1.82, 2.24) is 5.32 Å². The number of hydrogen-bond donors (Lipinski definition) is 1. The minimum atomic E-state index is -5.03. The second kappa shape index (κ2) is 8.83. The van der Waals surface area contributed by atoms with Gasteiger partial charge in [-0.2, -0.15) is 13.2 Å². The Balaban J connectivity index is 1.65. The Morgan fingerprint density at radius 1 is 1.39 bits per heavy atom. The van der Waals surface area contributed by atoms with Crippen molar-refractivity contribution in [2.75, 3.05) is 36.0 Å². The number of nitrogens with zero attached hydrogens (tertiary/aromatic N) is 3.